The number of rotatable bonds is 3. The molecule has 0 fully saturated rings. The quantitative estimate of drug-likeness (QED) is 0.831. The Labute approximate surface area is 113 Å². The van der Waals surface area contributed by atoms with E-state index in [1.165, 1.54) is 0 Å². The molecule has 1 atom stereocenters. The summed E-state index contributed by atoms with van der Waals surface area (Å²) in [6.45, 7) is 3.99. The molecule has 0 radical (unpaired) electrons. The molecule has 3 heteroatoms. The predicted octanol–water partition coefficient (Wildman–Crippen LogP) is 2.98. The molecule has 0 saturated carbocycles. The molecule has 1 unspecified atom stereocenters. The van der Waals surface area contributed by atoms with Gasteiger partial charge < -0.3 is 15.6 Å². The number of aliphatic hydroxyl groups is 1. The molecule has 2 aromatic carbocycles. The summed E-state index contributed by atoms with van der Waals surface area (Å²) in [5, 5.41) is 10.5. The van der Waals surface area contributed by atoms with Gasteiger partial charge in [0.2, 0.25) is 0 Å². The summed E-state index contributed by atoms with van der Waals surface area (Å²) in [7, 11) is 1.62. The van der Waals surface area contributed by atoms with Crippen LogP contribution < -0.4 is 10.5 Å². The molecule has 0 bridgehead atoms. The van der Waals surface area contributed by atoms with Crippen LogP contribution in [0.5, 0.6) is 5.75 Å². The van der Waals surface area contributed by atoms with Crippen molar-refractivity contribution in [2.75, 3.05) is 12.8 Å². The van der Waals surface area contributed by atoms with Crippen LogP contribution in [0.25, 0.3) is 0 Å². The molecular formula is C16H19NO2. The van der Waals surface area contributed by atoms with Crippen LogP contribution in [0.2, 0.25) is 0 Å². The molecule has 2 aromatic rings. The van der Waals surface area contributed by atoms with Crippen LogP contribution >= 0.6 is 0 Å². The largest absolute Gasteiger partial charge is 0.496 e. The Hall–Kier alpha value is -2.00. The van der Waals surface area contributed by atoms with Gasteiger partial charge in [-0.1, -0.05) is 18.2 Å². The molecule has 3 nitrogen and oxygen atoms in total. The lowest BCUT2D eigenvalue weighted by Gasteiger charge is -2.18. The van der Waals surface area contributed by atoms with Crippen molar-refractivity contribution in [2.24, 2.45) is 0 Å². The second-order valence-corrected chi connectivity index (χ2v) is 4.77. The molecule has 0 aliphatic rings. The highest BCUT2D eigenvalue weighted by Gasteiger charge is 2.18. The summed E-state index contributed by atoms with van der Waals surface area (Å²) >= 11 is 0. The molecule has 0 aromatic heterocycles. The predicted molar refractivity (Wildman–Crippen MR) is 77.4 cm³/mol. The molecule has 0 saturated heterocycles. The van der Waals surface area contributed by atoms with Crippen molar-refractivity contribution < 1.29 is 9.84 Å². The molecule has 0 heterocycles. The smallest absolute Gasteiger partial charge is 0.125 e. The minimum Gasteiger partial charge on any atom is -0.496 e. The van der Waals surface area contributed by atoms with Crippen molar-refractivity contribution in [1.82, 2.24) is 0 Å². The molecule has 19 heavy (non-hydrogen) atoms. The van der Waals surface area contributed by atoms with E-state index in [0.717, 1.165) is 22.3 Å². The molecule has 0 aliphatic heterocycles. The highest BCUT2D eigenvalue weighted by Crippen LogP contribution is 2.33. The van der Waals surface area contributed by atoms with Gasteiger partial charge in [0.25, 0.3) is 0 Å². The zero-order valence-corrected chi connectivity index (χ0v) is 11.5. The molecule has 100 valence electrons. The summed E-state index contributed by atoms with van der Waals surface area (Å²) in [6, 6.07) is 11.2. The molecule has 0 spiro atoms. The van der Waals surface area contributed by atoms with E-state index >= 15 is 0 Å². The van der Waals surface area contributed by atoms with Crippen molar-refractivity contribution in [3.8, 4) is 5.75 Å². The molecule has 3 N–H and O–H groups in total. The zero-order chi connectivity index (χ0) is 14.0. The van der Waals surface area contributed by atoms with Crippen molar-refractivity contribution in [3.05, 3.63) is 58.7 Å². The summed E-state index contributed by atoms with van der Waals surface area (Å²) in [6.07, 6.45) is -0.712. The third-order valence-electron chi connectivity index (χ3n) is 3.24. The van der Waals surface area contributed by atoms with Gasteiger partial charge in [0.1, 0.15) is 11.9 Å². The lowest BCUT2D eigenvalue weighted by Crippen LogP contribution is -2.05. The van der Waals surface area contributed by atoms with Crippen LogP contribution in [0.1, 0.15) is 28.4 Å². The third-order valence-corrected chi connectivity index (χ3v) is 3.24. The molecule has 0 aliphatic carbocycles. The van der Waals surface area contributed by atoms with Crippen molar-refractivity contribution in [3.63, 3.8) is 0 Å². The first kappa shape index (κ1) is 13.4. The van der Waals surface area contributed by atoms with Gasteiger partial charge in [0.15, 0.2) is 0 Å². The number of nitrogens with two attached hydrogens (primary N) is 1. The number of nitrogen functional groups attached to an aromatic ring is 1. The molecule has 2 rings (SSSR count). The van der Waals surface area contributed by atoms with Crippen molar-refractivity contribution >= 4 is 5.69 Å². The minimum atomic E-state index is -0.712. The third kappa shape index (κ3) is 2.71. The SMILES string of the molecule is COc1cc(C)cc(C)c1C(O)c1ccc(N)cc1. The Kier molecular flexibility index (Phi) is 3.76. The Balaban J connectivity index is 2.49. The molecule has 0 amide bonds. The number of methoxy groups -OCH3 is 1. The summed E-state index contributed by atoms with van der Waals surface area (Å²) < 4.78 is 5.39. The van der Waals surface area contributed by atoms with Crippen LogP contribution in [-0.2, 0) is 0 Å². The number of benzene rings is 2. The van der Waals surface area contributed by atoms with E-state index < -0.39 is 6.10 Å². The van der Waals surface area contributed by atoms with Crippen LogP contribution in [-0.4, -0.2) is 12.2 Å². The van der Waals surface area contributed by atoms with E-state index in [0.29, 0.717) is 11.4 Å². The van der Waals surface area contributed by atoms with E-state index in [1.54, 1.807) is 19.2 Å². The molecular weight excluding hydrogens is 238 g/mol. The highest BCUT2D eigenvalue weighted by atomic mass is 16.5. The van der Waals surface area contributed by atoms with Crippen molar-refractivity contribution in [1.29, 1.82) is 0 Å². The van der Waals surface area contributed by atoms with Gasteiger partial charge in [-0.3, -0.25) is 0 Å². The normalized spacial score (nSPS) is 12.2. The number of aryl methyl sites for hydroxylation is 2. The first-order chi connectivity index (χ1) is 9.02. The van der Waals surface area contributed by atoms with E-state index in [1.807, 2.05) is 38.1 Å². The van der Waals surface area contributed by atoms with E-state index in [2.05, 4.69) is 0 Å². The summed E-state index contributed by atoms with van der Waals surface area (Å²) in [5.41, 5.74) is 10.1. The number of hydrogen-bond acceptors (Lipinski definition) is 3. The highest BCUT2D eigenvalue weighted by molar-refractivity contribution is 5.49. The Morgan fingerprint density at radius 1 is 1.11 bits per heavy atom. The van der Waals surface area contributed by atoms with E-state index in [9.17, 15) is 5.11 Å². The van der Waals surface area contributed by atoms with E-state index in [4.69, 9.17) is 10.5 Å². The monoisotopic (exact) mass is 257 g/mol. The maximum atomic E-state index is 10.5. The second kappa shape index (κ2) is 5.33. The number of aliphatic hydroxyl groups excluding tert-OH is 1. The fourth-order valence-electron chi connectivity index (χ4n) is 2.30. The lowest BCUT2D eigenvalue weighted by molar-refractivity contribution is 0.214. The van der Waals surface area contributed by atoms with Crippen molar-refractivity contribution in [2.45, 2.75) is 20.0 Å². The summed E-state index contributed by atoms with van der Waals surface area (Å²) in [4.78, 5) is 0. The van der Waals surface area contributed by atoms with Crippen LogP contribution in [0, 0.1) is 13.8 Å². The van der Waals surface area contributed by atoms with Gasteiger partial charge in [-0.15, -0.1) is 0 Å². The van der Waals surface area contributed by atoms with Gasteiger partial charge in [0.05, 0.1) is 7.11 Å². The number of ether oxygens (including phenoxy) is 1. The van der Waals surface area contributed by atoms with Crippen LogP contribution in [0.15, 0.2) is 36.4 Å². The van der Waals surface area contributed by atoms with Gasteiger partial charge in [-0.25, -0.2) is 0 Å². The van der Waals surface area contributed by atoms with Gasteiger partial charge in [0, 0.05) is 11.3 Å². The topological polar surface area (TPSA) is 55.5 Å². The first-order valence-corrected chi connectivity index (χ1v) is 6.21. The van der Waals surface area contributed by atoms with Gasteiger partial charge in [-0.2, -0.15) is 0 Å². The standard InChI is InChI=1S/C16H19NO2/c1-10-8-11(2)15(14(9-10)19-3)16(18)12-4-6-13(17)7-5-12/h4-9,16,18H,17H2,1-3H3. The first-order valence-electron chi connectivity index (χ1n) is 6.21. The second-order valence-electron chi connectivity index (χ2n) is 4.77. The van der Waals surface area contributed by atoms with Gasteiger partial charge in [-0.05, 0) is 48.7 Å². The average molecular weight is 257 g/mol. The Morgan fingerprint density at radius 2 is 1.74 bits per heavy atom. The Bertz CT molecular complexity index is 576. The summed E-state index contributed by atoms with van der Waals surface area (Å²) in [5.74, 6) is 0.710. The average Bonchev–Trinajstić information content (AvgIpc) is 2.38. The maximum Gasteiger partial charge on any atom is 0.125 e. The number of anilines is 1. The van der Waals surface area contributed by atoms with Crippen LogP contribution in [0.3, 0.4) is 0 Å². The fraction of sp³-hybridized carbons (Fsp3) is 0.250. The lowest BCUT2D eigenvalue weighted by atomic mass is 9.95. The van der Waals surface area contributed by atoms with E-state index in [-0.39, 0.29) is 0 Å². The zero-order valence-electron chi connectivity index (χ0n) is 11.5. The minimum absolute atomic E-state index is 0.684. The Morgan fingerprint density at radius 3 is 2.32 bits per heavy atom. The van der Waals surface area contributed by atoms with Gasteiger partial charge >= 0.3 is 0 Å². The fourth-order valence-corrected chi connectivity index (χ4v) is 2.30. The maximum absolute atomic E-state index is 10.5. The number of hydrogen-bond donors (Lipinski definition) is 2. The van der Waals surface area contributed by atoms with Crippen LogP contribution in [0.4, 0.5) is 5.69 Å².